The average molecular weight is 345 g/mol. The molecule has 3 atom stereocenters. The molecule has 7 nitrogen and oxygen atoms in total. The van der Waals surface area contributed by atoms with Crippen LogP contribution in [0.3, 0.4) is 0 Å². The second-order valence-corrected chi connectivity index (χ2v) is 7.82. The van der Waals surface area contributed by atoms with Gasteiger partial charge in [0.05, 0.1) is 10.6 Å². The highest BCUT2D eigenvalue weighted by molar-refractivity contribution is 8.23. The van der Waals surface area contributed by atoms with Crippen molar-refractivity contribution in [2.24, 2.45) is 0 Å². The molecule has 3 N–H and O–H groups in total. The molecule has 9 heteroatoms. The molecule has 0 aromatic heterocycles. The lowest BCUT2D eigenvalue weighted by Crippen LogP contribution is -2.61. The molecule has 0 saturated carbocycles. The zero-order chi connectivity index (χ0) is 16.3. The molecule has 122 valence electrons. The number of aliphatic carboxylic acids is 1. The number of rotatable bonds is 9. The Balaban J connectivity index is 1.98. The number of nitrogens with one attached hydrogen (secondary N) is 2. The highest BCUT2D eigenvalue weighted by Crippen LogP contribution is 2.52. The summed E-state index contributed by atoms with van der Waals surface area (Å²) in [4.78, 5) is 24.7. The Morgan fingerprint density at radius 3 is 3.00 bits per heavy atom. The number of carbonyl (C=O) groups is 2. The van der Waals surface area contributed by atoms with Gasteiger partial charge >= 0.3 is 5.97 Å². The monoisotopic (exact) mass is 345 g/mol. The fraction of sp³-hybridized carbons (Fsp3) is 0.615. The van der Waals surface area contributed by atoms with Gasteiger partial charge in [0.1, 0.15) is 5.37 Å². The van der Waals surface area contributed by atoms with Crippen molar-refractivity contribution in [2.75, 3.05) is 13.7 Å². The fourth-order valence-corrected chi connectivity index (χ4v) is 5.49. The molecule has 0 aliphatic carbocycles. The lowest BCUT2D eigenvalue weighted by molar-refractivity contribution is -0.161. The fourth-order valence-electron chi connectivity index (χ4n) is 2.35. The number of fused-ring (bicyclic) bond motifs is 1. The number of methoxy groups -OCH3 is 1. The van der Waals surface area contributed by atoms with Crippen molar-refractivity contribution in [2.45, 2.75) is 36.5 Å². The molecule has 0 aromatic carbocycles. The number of carboxylic acids is 1. The minimum absolute atomic E-state index is 0.0859. The Morgan fingerprint density at radius 1 is 1.68 bits per heavy atom. The Morgan fingerprint density at radius 2 is 2.41 bits per heavy atom. The third kappa shape index (κ3) is 3.26. The average Bonchev–Trinajstić information content (AvgIpc) is 2.79. The SMILES string of the molecule is COC1C(=O)N2C(C(=O)O)=C(SC(C)CCCNC=N)S[C@@H]12. The molecule has 0 radical (unpaired) electrons. The predicted octanol–water partition coefficient (Wildman–Crippen LogP) is 1.27. The summed E-state index contributed by atoms with van der Waals surface area (Å²) >= 11 is 2.89. The zero-order valence-corrected chi connectivity index (χ0v) is 14.0. The molecule has 1 saturated heterocycles. The van der Waals surface area contributed by atoms with Crippen LogP contribution in [-0.4, -0.2) is 58.6 Å². The van der Waals surface area contributed by atoms with Crippen LogP contribution in [-0.2, 0) is 14.3 Å². The number of carboxylic acid groups (broad SMARTS) is 1. The number of thioether (sulfide) groups is 2. The maximum Gasteiger partial charge on any atom is 0.354 e. The summed E-state index contributed by atoms with van der Waals surface area (Å²) in [7, 11) is 1.46. The second-order valence-electron chi connectivity index (χ2n) is 4.98. The molecule has 0 bridgehead atoms. The van der Waals surface area contributed by atoms with Gasteiger partial charge in [-0.25, -0.2) is 4.79 Å². The standard InChI is InChI=1S/C13H19N3O4S2/c1-7(4-3-5-15-6-14)21-13-8(12(18)19)16-10(17)9(20-2)11(16)22-13/h6-7,9,11H,3-5H2,1-2H3,(H2,14,15)(H,18,19)/t7?,9?,11-/m0/s1. The lowest BCUT2D eigenvalue weighted by Gasteiger charge is -2.40. The summed E-state index contributed by atoms with van der Waals surface area (Å²) in [6.45, 7) is 2.76. The van der Waals surface area contributed by atoms with Gasteiger partial charge in [0.2, 0.25) is 0 Å². The molecule has 2 unspecified atom stereocenters. The maximum absolute atomic E-state index is 11.9. The van der Waals surface area contributed by atoms with Crippen molar-refractivity contribution in [1.82, 2.24) is 10.2 Å². The summed E-state index contributed by atoms with van der Waals surface area (Å²) < 4.78 is 5.79. The largest absolute Gasteiger partial charge is 0.477 e. The summed E-state index contributed by atoms with van der Waals surface area (Å²) in [6.07, 6.45) is 2.41. The van der Waals surface area contributed by atoms with E-state index >= 15 is 0 Å². The van der Waals surface area contributed by atoms with Gasteiger partial charge in [0.15, 0.2) is 11.8 Å². The zero-order valence-electron chi connectivity index (χ0n) is 12.4. The summed E-state index contributed by atoms with van der Waals surface area (Å²) in [5, 5.41) is 19.1. The Kier molecular flexibility index (Phi) is 5.76. The number of hydrogen-bond donors (Lipinski definition) is 3. The van der Waals surface area contributed by atoms with Crippen molar-refractivity contribution < 1.29 is 19.4 Å². The Bertz CT molecular complexity index is 512. The number of ether oxygens (including phenoxy) is 1. The van der Waals surface area contributed by atoms with Gasteiger partial charge in [0, 0.05) is 18.9 Å². The van der Waals surface area contributed by atoms with Crippen LogP contribution < -0.4 is 5.32 Å². The minimum atomic E-state index is -1.07. The van der Waals surface area contributed by atoms with Crippen molar-refractivity contribution in [3.05, 3.63) is 9.93 Å². The van der Waals surface area contributed by atoms with Crippen molar-refractivity contribution in [1.29, 1.82) is 5.41 Å². The highest BCUT2D eigenvalue weighted by Gasteiger charge is 2.56. The smallest absolute Gasteiger partial charge is 0.354 e. The Labute approximate surface area is 137 Å². The van der Waals surface area contributed by atoms with Crippen LogP contribution in [0.5, 0.6) is 0 Å². The molecule has 1 amide bonds. The minimum Gasteiger partial charge on any atom is -0.477 e. The molecule has 2 rings (SSSR count). The number of amides is 1. The van der Waals surface area contributed by atoms with Crippen molar-refractivity contribution >= 4 is 41.7 Å². The normalized spacial score (nSPS) is 24.8. The molecule has 2 aliphatic heterocycles. The van der Waals surface area contributed by atoms with Crippen LogP contribution in [0.1, 0.15) is 19.8 Å². The summed E-state index contributed by atoms with van der Waals surface area (Å²) in [5.41, 5.74) is 0.0859. The van der Waals surface area contributed by atoms with Gasteiger partial charge < -0.3 is 15.2 Å². The molecule has 2 aliphatic rings. The number of hydrogen-bond acceptors (Lipinski definition) is 6. The van der Waals surface area contributed by atoms with E-state index in [2.05, 4.69) is 5.32 Å². The van der Waals surface area contributed by atoms with Gasteiger partial charge in [-0.2, -0.15) is 0 Å². The molecule has 0 aromatic rings. The van der Waals surface area contributed by atoms with E-state index in [4.69, 9.17) is 10.1 Å². The van der Waals surface area contributed by atoms with Gasteiger partial charge in [-0.1, -0.05) is 18.7 Å². The Hall–Kier alpha value is -1.19. The van der Waals surface area contributed by atoms with E-state index in [0.29, 0.717) is 4.24 Å². The first-order chi connectivity index (χ1) is 10.5. The quantitative estimate of drug-likeness (QED) is 0.250. The van der Waals surface area contributed by atoms with Gasteiger partial charge in [-0.05, 0) is 12.8 Å². The van der Waals surface area contributed by atoms with Crippen LogP contribution in [0.25, 0.3) is 0 Å². The van der Waals surface area contributed by atoms with E-state index in [1.54, 1.807) is 0 Å². The molecular weight excluding hydrogens is 326 g/mol. The molecule has 1 fully saturated rings. The van der Waals surface area contributed by atoms with Gasteiger partial charge in [0.25, 0.3) is 5.91 Å². The number of β-lactam (4-membered cyclic amide) rings is 1. The molecule has 22 heavy (non-hydrogen) atoms. The summed E-state index contributed by atoms with van der Waals surface area (Å²) in [6, 6.07) is 0. The third-order valence-electron chi connectivity index (χ3n) is 3.45. The van der Waals surface area contributed by atoms with E-state index in [9.17, 15) is 14.7 Å². The van der Waals surface area contributed by atoms with Gasteiger partial charge in [-0.3, -0.25) is 15.1 Å². The van der Waals surface area contributed by atoms with E-state index in [1.165, 1.54) is 35.5 Å². The molecule has 2 heterocycles. The molecular formula is C13H19N3O4S2. The second kappa shape index (κ2) is 7.38. The highest BCUT2D eigenvalue weighted by atomic mass is 32.2. The molecule has 0 spiro atoms. The number of carbonyl (C=O) groups excluding carboxylic acids is 1. The van der Waals surface area contributed by atoms with Gasteiger partial charge in [-0.15, -0.1) is 11.8 Å². The first-order valence-electron chi connectivity index (χ1n) is 6.90. The van der Waals surface area contributed by atoms with Crippen LogP contribution in [0.4, 0.5) is 0 Å². The van der Waals surface area contributed by atoms with Crippen LogP contribution in [0, 0.1) is 5.41 Å². The first-order valence-corrected chi connectivity index (χ1v) is 8.66. The maximum atomic E-state index is 11.9. The van der Waals surface area contributed by atoms with Crippen LogP contribution >= 0.6 is 23.5 Å². The topological polar surface area (TPSA) is 103 Å². The summed E-state index contributed by atoms with van der Waals surface area (Å²) in [5.74, 6) is -1.35. The van der Waals surface area contributed by atoms with E-state index in [-0.39, 0.29) is 22.2 Å². The van der Waals surface area contributed by atoms with Crippen molar-refractivity contribution in [3.63, 3.8) is 0 Å². The van der Waals surface area contributed by atoms with Crippen LogP contribution in [0.2, 0.25) is 0 Å². The first kappa shape index (κ1) is 17.2. The number of nitrogens with zero attached hydrogens (tertiary/aromatic N) is 1. The van der Waals surface area contributed by atoms with Crippen LogP contribution in [0.15, 0.2) is 9.93 Å². The van der Waals surface area contributed by atoms with E-state index in [0.717, 1.165) is 25.7 Å². The predicted molar refractivity (Wildman–Crippen MR) is 86.8 cm³/mol. The third-order valence-corrected chi connectivity index (χ3v) is 6.18. The lowest BCUT2D eigenvalue weighted by atomic mass is 10.1. The van der Waals surface area contributed by atoms with E-state index in [1.807, 2.05) is 6.92 Å². The van der Waals surface area contributed by atoms with Crippen molar-refractivity contribution in [3.8, 4) is 0 Å². The van der Waals surface area contributed by atoms with E-state index < -0.39 is 12.1 Å².